The summed E-state index contributed by atoms with van der Waals surface area (Å²) < 4.78 is 0. The van der Waals surface area contributed by atoms with E-state index in [1.165, 1.54) is 0 Å². The van der Waals surface area contributed by atoms with Gasteiger partial charge in [0.25, 0.3) is 0 Å². The Bertz CT molecular complexity index is 249. The Morgan fingerprint density at radius 2 is 1.77 bits per heavy atom. The number of benzene rings is 1. The van der Waals surface area contributed by atoms with Crippen LogP contribution < -0.4 is 0 Å². The van der Waals surface area contributed by atoms with E-state index in [2.05, 4.69) is 0 Å². The van der Waals surface area contributed by atoms with Gasteiger partial charge in [-0.1, -0.05) is 30.3 Å². The Balaban J connectivity index is 2.92. The molecule has 0 heterocycles. The fourth-order valence-electron chi connectivity index (χ4n) is 1.42. The highest BCUT2D eigenvalue weighted by Crippen LogP contribution is 2.26. The number of rotatable bonds is 3. The molecule has 0 aromatic heterocycles. The molecular formula is C11H16O2. The van der Waals surface area contributed by atoms with Crippen LogP contribution in [-0.2, 0) is 0 Å². The van der Waals surface area contributed by atoms with Crippen molar-refractivity contribution < 1.29 is 10.2 Å². The van der Waals surface area contributed by atoms with Gasteiger partial charge in [-0.2, -0.15) is 0 Å². The number of hydrogen-bond donors (Lipinski definition) is 2. The van der Waals surface area contributed by atoms with Gasteiger partial charge in [-0.3, -0.25) is 0 Å². The highest BCUT2D eigenvalue weighted by Gasteiger charge is 2.27. The second kappa shape index (κ2) is 3.90. The third-order valence-electron chi connectivity index (χ3n) is 2.24. The van der Waals surface area contributed by atoms with Crippen molar-refractivity contribution in [1.82, 2.24) is 0 Å². The van der Waals surface area contributed by atoms with Gasteiger partial charge < -0.3 is 10.2 Å². The monoisotopic (exact) mass is 180 g/mol. The molecule has 0 aliphatic carbocycles. The Kier molecular flexibility index (Phi) is 3.07. The minimum atomic E-state index is -0.879. The topological polar surface area (TPSA) is 40.5 Å². The van der Waals surface area contributed by atoms with Gasteiger partial charge in [0.05, 0.1) is 12.2 Å². The van der Waals surface area contributed by atoms with Crippen LogP contribution in [0.3, 0.4) is 0 Å². The molecule has 0 aliphatic heterocycles. The molecule has 1 unspecified atom stereocenters. The summed E-state index contributed by atoms with van der Waals surface area (Å²) in [5.41, 5.74) is 0.0910. The van der Waals surface area contributed by atoms with E-state index in [0.717, 1.165) is 5.56 Å². The van der Waals surface area contributed by atoms with E-state index in [9.17, 15) is 5.11 Å². The molecule has 0 saturated heterocycles. The van der Waals surface area contributed by atoms with E-state index in [1.54, 1.807) is 13.8 Å². The van der Waals surface area contributed by atoms with Crippen molar-refractivity contribution in [2.75, 3.05) is 6.61 Å². The summed E-state index contributed by atoms with van der Waals surface area (Å²) >= 11 is 0. The molecule has 1 aromatic rings. The van der Waals surface area contributed by atoms with Gasteiger partial charge in [-0.05, 0) is 19.4 Å². The Morgan fingerprint density at radius 1 is 1.23 bits per heavy atom. The lowest BCUT2D eigenvalue weighted by Crippen LogP contribution is -2.31. The lowest BCUT2D eigenvalue weighted by Gasteiger charge is -2.27. The van der Waals surface area contributed by atoms with E-state index >= 15 is 0 Å². The third-order valence-corrected chi connectivity index (χ3v) is 2.24. The summed E-state index contributed by atoms with van der Waals surface area (Å²) in [5.74, 6) is -0.214. The first-order chi connectivity index (χ1) is 6.05. The average Bonchev–Trinajstić information content (AvgIpc) is 2.05. The summed E-state index contributed by atoms with van der Waals surface area (Å²) in [4.78, 5) is 0. The molecule has 1 rings (SSSR count). The first-order valence-corrected chi connectivity index (χ1v) is 4.44. The molecule has 0 spiro atoms. The van der Waals surface area contributed by atoms with Crippen molar-refractivity contribution in [3.8, 4) is 0 Å². The molecule has 72 valence electrons. The van der Waals surface area contributed by atoms with E-state index in [0.29, 0.717) is 0 Å². The minimum Gasteiger partial charge on any atom is -0.396 e. The minimum absolute atomic E-state index is 0.0342. The quantitative estimate of drug-likeness (QED) is 0.740. The molecular weight excluding hydrogens is 164 g/mol. The van der Waals surface area contributed by atoms with Gasteiger partial charge in [0.2, 0.25) is 0 Å². The van der Waals surface area contributed by atoms with Gasteiger partial charge in [0.15, 0.2) is 0 Å². The molecule has 0 aliphatic rings. The summed E-state index contributed by atoms with van der Waals surface area (Å²) in [5, 5.41) is 18.9. The van der Waals surface area contributed by atoms with Crippen LogP contribution in [0.4, 0.5) is 0 Å². The van der Waals surface area contributed by atoms with Gasteiger partial charge in [-0.15, -0.1) is 0 Å². The van der Waals surface area contributed by atoms with Crippen LogP contribution in [0.25, 0.3) is 0 Å². The first kappa shape index (κ1) is 10.2. The molecule has 2 nitrogen and oxygen atoms in total. The lowest BCUT2D eigenvalue weighted by atomic mass is 9.85. The second-order valence-corrected chi connectivity index (χ2v) is 3.80. The van der Waals surface area contributed by atoms with Crippen molar-refractivity contribution >= 4 is 0 Å². The molecule has 13 heavy (non-hydrogen) atoms. The van der Waals surface area contributed by atoms with Crippen LogP contribution in [0.15, 0.2) is 30.3 Å². The van der Waals surface area contributed by atoms with Crippen LogP contribution in [0, 0.1) is 0 Å². The maximum atomic E-state index is 9.77. The van der Waals surface area contributed by atoms with Crippen molar-refractivity contribution in [3.63, 3.8) is 0 Å². The maximum Gasteiger partial charge on any atom is 0.0682 e. The molecule has 0 radical (unpaired) electrons. The fourth-order valence-corrected chi connectivity index (χ4v) is 1.42. The average molecular weight is 180 g/mol. The zero-order valence-electron chi connectivity index (χ0n) is 8.07. The summed E-state index contributed by atoms with van der Waals surface area (Å²) in [6.07, 6.45) is 0. The Labute approximate surface area is 78.8 Å². The van der Waals surface area contributed by atoms with Crippen molar-refractivity contribution in [1.29, 1.82) is 0 Å². The summed E-state index contributed by atoms with van der Waals surface area (Å²) in [6, 6.07) is 9.56. The van der Waals surface area contributed by atoms with E-state index in [1.807, 2.05) is 30.3 Å². The van der Waals surface area contributed by atoms with Gasteiger partial charge in [0, 0.05) is 5.92 Å². The molecule has 0 bridgehead atoms. The van der Waals surface area contributed by atoms with Crippen molar-refractivity contribution in [3.05, 3.63) is 35.9 Å². The zero-order chi connectivity index (χ0) is 9.90. The van der Waals surface area contributed by atoms with Crippen LogP contribution in [-0.4, -0.2) is 22.4 Å². The Hall–Kier alpha value is -0.860. The normalized spacial score (nSPS) is 14.2. The third kappa shape index (κ3) is 2.54. The SMILES string of the molecule is CC(C)(O)C(CO)c1ccccc1. The zero-order valence-corrected chi connectivity index (χ0v) is 8.07. The van der Waals surface area contributed by atoms with Gasteiger partial charge >= 0.3 is 0 Å². The lowest BCUT2D eigenvalue weighted by molar-refractivity contribution is 0.0272. The van der Waals surface area contributed by atoms with Crippen LogP contribution >= 0.6 is 0 Å². The highest BCUT2D eigenvalue weighted by molar-refractivity contribution is 5.22. The second-order valence-electron chi connectivity index (χ2n) is 3.80. The van der Waals surface area contributed by atoms with Gasteiger partial charge in [-0.25, -0.2) is 0 Å². The fraction of sp³-hybridized carbons (Fsp3) is 0.455. The molecule has 1 aromatic carbocycles. The first-order valence-electron chi connectivity index (χ1n) is 4.44. The molecule has 2 heteroatoms. The van der Waals surface area contributed by atoms with E-state index in [-0.39, 0.29) is 12.5 Å². The summed E-state index contributed by atoms with van der Waals surface area (Å²) in [7, 11) is 0. The van der Waals surface area contributed by atoms with E-state index < -0.39 is 5.60 Å². The van der Waals surface area contributed by atoms with E-state index in [4.69, 9.17) is 5.11 Å². The number of aliphatic hydroxyl groups is 2. The predicted octanol–water partition coefficient (Wildman–Crippen LogP) is 1.53. The summed E-state index contributed by atoms with van der Waals surface area (Å²) in [6.45, 7) is 3.38. The predicted molar refractivity (Wildman–Crippen MR) is 52.6 cm³/mol. The van der Waals surface area contributed by atoms with Gasteiger partial charge in [0.1, 0.15) is 0 Å². The standard InChI is InChI=1S/C11H16O2/c1-11(2,13)10(8-12)9-6-4-3-5-7-9/h3-7,10,12-13H,8H2,1-2H3. The smallest absolute Gasteiger partial charge is 0.0682 e. The van der Waals surface area contributed by atoms with Crippen LogP contribution in [0.1, 0.15) is 25.3 Å². The largest absolute Gasteiger partial charge is 0.396 e. The Morgan fingerprint density at radius 3 is 2.15 bits per heavy atom. The molecule has 1 atom stereocenters. The van der Waals surface area contributed by atoms with Crippen molar-refractivity contribution in [2.45, 2.75) is 25.4 Å². The molecule has 0 fully saturated rings. The highest BCUT2D eigenvalue weighted by atomic mass is 16.3. The number of aliphatic hydroxyl groups excluding tert-OH is 1. The maximum absolute atomic E-state index is 9.77. The number of hydrogen-bond acceptors (Lipinski definition) is 2. The van der Waals surface area contributed by atoms with Crippen LogP contribution in [0.2, 0.25) is 0 Å². The molecule has 0 saturated carbocycles. The molecule has 0 amide bonds. The van der Waals surface area contributed by atoms with Crippen molar-refractivity contribution in [2.24, 2.45) is 0 Å². The van der Waals surface area contributed by atoms with Crippen LogP contribution in [0.5, 0.6) is 0 Å². The molecule has 2 N–H and O–H groups in total.